The summed E-state index contributed by atoms with van der Waals surface area (Å²) in [6.07, 6.45) is 2.13. The van der Waals surface area contributed by atoms with Crippen molar-refractivity contribution < 1.29 is 21.6 Å². The lowest BCUT2D eigenvalue weighted by atomic mass is 10.1. The van der Waals surface area contributed by atoms with Gasteiger partial charge in [0.2, 0.25) is 0 Å². The monoisotopic (exact) mass is 323 g/mol. The highest BCUT2D eigenvalue weighted by molar-refractivity contribution is 7.90. The van der Waals surface area contributed by atoms with Gasteiger partial charge in [0.1, 0.15) is 0 Å². The van der Waals surface area contributed by atoms with Crippen LogP contribution in [0.25, 0.3) is 0 Å². The Labute approximate surface area is 121 Å². The normalized spacial score (nSPS) is 20.5. The molecule has 1 atom stereocenters. The van der Waals surface area contributed by atoms with Crippen LogP contribution in [0.3, 0.4) is 0 Å². The topological polar surface area (TPSA) is 75.4 Å². The molecule has 0 radical (unpaired) electrons. The lowest BCUT2D eigenvalue weighted by Crippen LogP contribution is -2.49. The van der Waals surface area contributed by atoms with Crippen LogP contribution in [0.15, 0.2) is 12.1 Å². The van der Waals surface area contributed by atoms with Gasteiger partial charge in [-0.05, 0) is 25.0 Å². The fourth-order valence-corrected chi connectivity index (χ4v) is 3.83. The Morgan fingerprint density at radius 3 is 2.62 bits per heavy atom. The highest BCUT2D eigenvalue weighted by Gasteiger charge is 2.32. The number of nitrogens with one attached hydrogen (secondary N) is 1. The van der Waals surface area contributed by atoms with Crippen molar-refractivity contribution in [1.29, 1.82) is 0 Å². The third-order valence-corrected chi connectivity index (χ3v) is 5.00. The molecule has 1 aromatic rings. The number of rotatable bonds is 4. The predicted octanol–water partition coefficient (Wildman–Crippen LogP) is 1.57. The second-order valence-electron chi connectivity index (χ2n) is 4.83. The van der Waals surface area contributed by atoms with E-state index in [9.17, 15) is 21.6 Å². The number of benzene rings is 1. The Hall–Kier alpha value is -1.32. The van der Waals surface area contributed by atoms with E-state index in [4.69, 9.17) is 5.73 Å². The van der Waals surface area contributed by atoms with Crippen molar-refractivity contribution >= 4 is 15.9 Å². The predicted molar refractivity (Wildman–Crippen MR) is 72.3 cm³/mol. The summed E-state index contributed by atoms with van der Waals surface area (Å²) < 4.78 is 67.1. The summed E-state index contributed by atoms with van der Waals surface area (Å²) in [7, 11) is -4.08. The van der Waals surface area contributed by atoms with E-state index in [2.05, 4.69) is 0 Å². The van der Waals surface area contributed by atoms with Crippen LogP contribution in [0.4, 0.5) is 18.9 Å². The number of halogens is 3. The Morgan fingerprint density at radius 2 is 1.95 bits per heavy atom. The molecule has 0 bridgehead atoms. The van der Waals surface area contributed by atoms with Gasteiger partial charge in [0, 0.05) is 19.1 Å². The van der Waals surface area contributed by atoms with Crippen molar-refractivity contribution in [3.8, 4) is 0 Å². The lowest BCUT2D eigenvalue weighted by molar-refractivity contribution is 0.259. The van der Waals surface area contributed by atoms with Gasteiger partial charge in [0.25, 0.3) is 0 Å². The fraction of sp³-hybridized carbons (Fsp3) is 0.500. The number of hydrogen-bond acceptors (Lipinski definition) is 3. The van der Waals surface area contributed by atoms with E-state index in [1.165, 1.54) is 0 Å². The Balaban J connectivity index is 2.27. The first-order valence-corrected chi connectivity index (χ1v) is 7.94. The van der Waals surface area contributed by atoms with Gasteiger partial charge in [-0.3, -0.25) is 4.72 Å². The molecule has 1 aliphatic heterocycles. The zero-order chi connectivity index (χ0) is 15.6. The molecular formula is C12H16F3N3O2S. The van der Waals surface area contributed by atoms with Crippen LogP contribution >= 0.6 is 0 Å². The summed E-state index contributed by atoms with van der Waals surface area (Å²) in [5.41, 5.74) is 4.91. The third-order valence-electron chi connectivity index (χ3n) is 3.43. The zero-order valence-corrected chi connectivity index (χ0v) is 12.0. The molecule has 0 aliphatic carbocycles. The van der Waals surface area contributed by atoms with Crippen LogP contribution in [0.1, 0.15) is 19.3 Å². The maximum atomic E-state index is 13.6. The summed E-state index contributed by atoms with van der Waals surface area (Å²) >= 11 is 0. The van der Waals surface area contributed by atoms with E-state index in [0.29, 0.717) is 18.9 Å². The van der Waals surface area contributed by atoms with Crippen LogP contribution in [0, 0.1) is 17.5 Å². The first-order chi connectivity index (χ1) is 9.86. The molecular weight excluding hydrogens is 307 g/mol. The van der Waals surface area contributed by atoms with Crippen molar-refractivity contribution in [2.24, 2.45) is 5.73 Å². The molecule has 1 heterocycles. The molecule has 1 fully saturated rings. The molecule has 21 heavy (non-hydrogen) atoms. The fourth-order valence-electron chi connectivity index (χ4n) is 2.33. The smallest absolute Gasteiger partial charge is 0.302 e. The average molecular weight is 323 g/mol. The van der Waals surface area contributed by atoms with E-state index in [0.717, 1.165) is 16.8 Å². The summed E-state index contributed by atoms with van der Waals surface area (Å²) in [5, 5.41) is 0. The van der Waals surface area contributed by atoms with E-state index >= 15 is 0 Å². The molecule has 3 N–H and O–H groups in total. The molecule has 2 rings (SSSR count). The molecule has 5 nitrogen and oxygen atoms in total. The highest BCUT2D eigenvalue weighted by atomic mass is 32.2. The first-order valence-electron chi connectivity index (χ1n) is 6.50. The minimum Gasteiger partial charge on any atom is -0.329 e. The third kappa shape index (κ3) is 3.30. The van der Waals surface area contributed by atoms with E-state index < -0.39 is 33.3 Å². The molecule has 0 spiro atoms. The van der Waals surface area contributed by atoms with E-state index in [-0.39, 0.29) is 19.1 Å². The van der Waals surface area contributed by atoms with Crippen LogP contribution < -0.4 is 10.5 Å². The molecule has 1 aliphatic rings. The van der Waals surface area contributed by atoms with Gasteiger partial charge in [-0.15, -0.1) is 0 Å². The average Bonchev–Trinajstić information content (AvgIpc) is 2.48. The lowest BCUT2D eigenvalue weighted by Gasteiger charge is -2.33. The first kappa shape index (κ1) is 16.1. The van der Waals surface area contributed by atoms with Gasteiger partial charge in [-0.25, -0.2) is 13.2 Å². The number of piperidine rings is 1. The molecule has 0 aromatic heterocycles. The largest absolute Gasteiger partial charge is 0.329 e. The van der Waals surface area contributed by atoms with Crippen molar-refractivity contribution in [1.82, 2.24) is 4.31 Å². The van der Waals surface area contributed by atoms with Crippen molar-refractivity contribution in [2.75, 3.05) is 17.8 Å². The van der Waals surface area contributed by atoms with Crippen LogP contribution in [0.2, 0.25) is 0 Å². The van der Waals surface area contributed by atoms with Gasteiger partial charge in [0.15, 0.2) is 17.5 Å². The summed E-state index contributed by atoms with van der Waals surface area (Å²) in [5.74, 6) is -4.67. The number of hydrogen-bond donors (Lipinski definition) is 2. The summed E-state index contributed by atoms with van der Waals surface area (Å²) in [6, 6.07) is 1.11. The SMILES string of the molecule is NCC1CCCCN1S(=O)(=O)Nc1ccc(F)c(F)c1F. The maximum absolute atomic E-state index is 13.6. The minimum atomic E-state index is -4.08. The van der Waals surface area contributed by atoms with Crippen LogP contribution in [-0.2, 0) is 10.2 Å². The summed E-state index contributed by atoms with van der Waals surface area (Å²) in [4.78, 5) is 0. The van der Waals surface area contributed by atoms with Crippen molar-refractivity contribution in [3.63, 3.8) is 0 Å². The van der Waals surface area contributed by atoms with E-state index in [1.54, 1.807) is 0 Å². The maximum Gasteiger partial charge on any atom is 0.302 e. The van der Waals surface area contributed by atoms with Gasteiger partial charge >= 0.3 is 10.2 Å². The second kappa shape index (κ2) is 6.20. The van der Waals surface area contributed by atoms with Gasteiger partial charge in [-0.2, -0.15) is 12.7 Å². The van der Waals surface area contributed by atoms with Crippen molar-refractivity contribution in [2.45, 2.75) is 25.3 Å². The van der Waals surface area contributed by atoms with Crippen LogP contribution in [0.5, 0.6) is 0 Å². The Morgan fingerprint density at radius 1 is 1.24 bits per heavy atom. The molecule has 118 valence electrons. The molecule has 1 saturated heterocycles. The quantitative estimate of drug-likeness (QED) is 0.826. The molecule has 0 amide bonds. The Kier molecular flexibility index (Phi) is 4.74. The van der Waals surface area contributed by atoms with Gasteiger partial charge in [0.05, 0.1) is 5.69 Å². The van der Waals surface area contributed by atoms with Crippen molar-refractivity contribution in [3.05, 3.63) is 29.6 Å². The summed E-state index contributed by atoms with van der Waals surface area (Å²) in [6.45, 7) is 0.393. The zero-order valence-electron chi connectivity index (χ0n) is 11.2. The highest BCUT2D eigenvalue weighted by Crippen LogP contribution is 2.24. The molecule has 9 heteroatoms. The van der Waals surface area contributed by atoms with E-state index in [1.807, 2.05) is 4.72 Å². The standard InChI is InChI=1S/C12H16F3N3O2S/c13-9-4-5-10(12(15)11(9)14)17-21(19,20)18-6-2-1-3-8(18)7-16/h4-5,8,17H,1-3,6-7,16H2. The van der Waals surface area contributed by atoms with Gasteiger partial charge < -0.3 is 5.73 Å². The molecule has 1 unspecified atom stereocenters. The molecule has 0 saturated carbocycles. The molecule has 1 aromatic carbocycles. The minimum absolute atomic E-state index is 0.140. The van der Waals surface area contributed by atoms with Gasteiger partial charge in [-0.1, -0.05) is 6.42 Å². The second-order valence-corrected chi connectivity index (χ2v) is 6.45. The number of anilines is 1. The number of nitrogens with two attached hydrogens (primary N) is 1. The Bertz CT molecular complexity index is 624. The number of nitrogens with zero attached hydrogens (tertiary/aromatic N) is 1. The van der Waals surface area contributed by atoms with Crippen LogP contribution in [-0.4, -0.2) is 31.9 Å².